The molecule has 34 heavy (non-hydrogen) atoms. The van der Waals surface area contributed by atoms with Crippen LogP contribution in [0, 0.1) is 45.3 Å². The zero-order valence-corrected chi connectivity index (χ0v) is 22.6. The Bertz CT molecular complexity index is 929. The van der Waals surface area contributed by atoms with Gasteiger partial charge in [-0.2, -0.15) is 0 Å². The molecule has 0 heterocycles. The topological polar surface area (TPSA) is 69.9 Å². The second-order valence-electron chi connectivity index (χ2n) is 13.5. The molecule has 0 aromatic rings. The summed E-state index contributed by atoms with van der Waals surface area (Å²) >= 11 is 0. The third-order valence-corrected chi connectivity index (χ3v) is 11.9. The third-order valence-electron chi connectivity index (χ3n) is 11.9. The number of hydrogen-bond acceptors (Lipinski definition) is 3. The Morgan fingerprint density at radius 1 is 1.18 bits per heavy atom. The summed E-state index contributed by atoms with van der Waals surface area (Å²) in [5.74, 6) is 1.66. The van der Waals surface area contributed by atoms with E-state index < -0.39 is 5.97 Å². The van der Waals surface area contributed by atoms with Crippen LogP contribution < -0.4 is 0 Å². The molecule has 4 nitrogen and oxygen atoms in total. The third kappa shape index (κ3) is 3.53. The molecule has 0 aromatic carbocycles. The highest BCUT2D eigenvalue weighted by atomic mass is 16.4. The Labute approximate surface area is 207 Å². The molecule has 2 N–H and O–H groups in total. The zero-order chi connectivity index (χ0) is 25.1. The fraction of sp³-hybridized carbons (Fsp3) is 0.800. The van der Waals surface area contributed by atoms with Crippen LogP contribution in [0.2, 0.25) is 0 Å². The van der Waals surface area contributed by atoms with Crippen LogP contribution in [-0.4, -0.2) is 22.0 Å². The summed E-state index contributed by atoms with van der Waals surface area (Å²) in [6, 6.07) is 0. The van der Waals surface area contributed by atoms with E-state index in [9.17, 15) is 10.0 Å². The van der Waals surface area contributed by atoms with E-state index in [1.807, 2.05) is 6.08 Å². The van der Waals surface area contributed by atoms with E-state index in [4.69, 9.17) is 5.11 Å². The molecule has 4 rings (SSSR count). The molecule has 190 valence electrons. The Morgan fingerprint density at radius 2 is 1.88 bits per heavy atom. The van der Waals surface area contributed by atoms with Gasteiger partial charge in [-0.25, -0.2) is 4.79 Å². The van der Waals surface area contributed by atoms with Gasteiger partial charge in [0.15, 0.2) is 0 Å². The van der Waals surface area contributed by atoms with Crippen molar-refractivity contribution in [2.45, 2.75) is 106 Å². The molecular formula is C30H47NO3. The minimum atomic E-state index is -0.800. The number of aliphatic carboxylic acids is 1. The number of carboxylic acids is 1. The van der Waals surface area contributed by atoms with Crippen molar-refractivity contribution in [2.24, 2.45) is 50.5 Å². The average molecular weight is 470 g/mol. The van der Waals surface area contributed by atoms with Crippen molar-refractivity contribution in [3.63, 3.8) is 0 Å². The minimum absolute atomic E-state index is 0.0558. The van der Waals surface area contributed by atoms with Crippen molar-refractivity contribution in [2.75, 3.05) is 0 Å². The quantitative estimate of drug-likeness (QED) is 0.186. The lowest BCUT2D eigenvalue weighted by Gasteiger charge is -2.63. The van der Waals surface area contributed by atoms with E-state index in [0.29, 0.717) is 34.7 Å². The van der Waals surface area contributed by atoms with E-state index in [0.717, 1.165) is 37.8 Å². The van der Waals surface area contributed by atoms with Gasteiger partial charge in [0.05, 0.1) is 5.71 Å². The van der Waals surface area contributed by atoms with Crippen molar-refractivity contribution in [1.82, 2.24) is 0 Å². The van der Waals surface area contributed by atoms with Crippen LogP contribution in [0.3, 0.4) is 0 Å². The maximum absolute atomic E-state index is 11.2. The number of allylic oxidation sites excluding steroid dienone is 3. The monoisotopic (exact) mass is 469 g/mol. The van der Waals surface area contributed by atoms with E-state index >= 15 is 0 Å². The fourth-order valence-electron chi connectivity index (χ4n) is 9.51. The van der Waals surface area contributed by atoms with Crippen LogP contribution in [0.25, 0.3) is 0 Å². The molecule has 3 fully saturated rings. The van der Waals surface area contributed by atoms with Crippen molar-refractivity contribution in [3.05, 3.63) is 23.3 Å². The summed E-state index contributed by atoms with van der Waals surface area (Å²) in [5.41, 5.74) is 3.98. The highest BCUT2D eigenvalue weighted by Crippen LogP contribution is 2.73. The number of rotatable bonds is 5. The molecule has 7 atom stereocenters. The summed E-state index contributed by atoms with van der Waals surface area (Å²) in [6.07, 6.45) is 14.7. The smallest absolute Gasteiger partial charge is 0.330 e. The normalized spacial score (nSPS) is 43.5. The van der Waals surface area contributed by atoms with Gasteiger partial charge in [-0.15, -0.1) is 0 Å². The lowest BCUT2D eigenvalue weighted by atomic mass is 9.41. The van der Waals surface area contributed by atoms with Crippen LogP contribution >= 0.6 is 0 Å². The summed E-state index contributed by atoms with van der Waals surface area (Å²) < 4.78 is 0. The van der Waals surface area contributed by atoms with Gasteiger partial charge in [-0.05, 0) is 105 Å². The molecule has 4 heteroatoms. The van der Waals surface area contributed by atoms with E-state index in [2.05, 4.69) is 52.8 Å². The lowest BCUT2D eigenvalue weighted by Crippen LogP contribution is -2.57. The first kappa shape index (κ1) is 25.5. The van der Waals surface area contributed by atoms with E-state index in [1.54, 1.807) is 12.5 Å². The van der Waals surface area contributed by atoms with Gasteiger partial charge in [0.25, 0.3) is 0 Å². The number of carboxylic acid groups (broad SMARTS) is 1. The highest BCUT2D eigenvalue weighted by molar-refractivity contribution is 5.90. The van der Waals surface area contributed by atoms with Crippen molar-refractivity contribution in [1.29, 1.82) is 0 Å². The molecular weight excluding hydrogens is 422 g/mol. The number of carbonyl (C=O) groups is 1. The SMILES string of the molecule is C/C(=C/CCC(C)[C@H]1CC[C@]2(C)C3=CCC4C(C)(C)/C(=N/O)CC[C@]4(C)C3CC[C@@]12C)C(=O)O. The highest BCUT2D eigenvalue weighted by Gasteiger charge is 2.65. The van der Waals surface area contributed by atoms with Gasteiger partial charge in [0.1, 0.15) is 0 Å². The molecule has 0 spiro atoms. The summed E-state index contributed by atoms with van der Waals surface area (Å²) in [4.78, 5) is 11.2. The van der Waals surface area contributed by atoms with Gasteiger partial charge in [-0.3, -0.25) is 0 Å². The fourth-order valence-corrected chi connectivity index (χ4v) is 9.51. The largest absolute Gasteiger partial charge is 0.478 e. The van der Waals surface area contributed by atoms with Gasteiger partial charge in [0.2, 0.25) is 0 Å². The second kappa shape index (κ2) is 8.52. The molecule has 0 radical (unpaired) electrons. The van der Waals surface area contributed by atoms with Gasteiger partial charge >= 0.3 is 5.97 Å². The first-order valence-electron chi connectivity index (χ1n) is 13.6. The molecule has 4 aliphatic rings. The van der Waals surface area contributed by atoms with Gasteiger partial charge in [-0.1, -0.05) is 64.4 Å². The van der Waals surface area contributed by atoms with Crippen molar-refractivity contribution < 1.29 is 15.1 Å². The first-order chi connectivity index (χ1) is 15.8. The van der Waals surface area contributed by atoms with Crippen molar-refractivity contribution in [3.8, 4) is 0 Å². The summed E-state index contributed by atoms with van der Waals surface area (Å²) in [6.45, 7) is 16.4. The number of nitrogens with zero attached hydrogens (tertiary/aromatic N) is 1. The van der Waals surface area contributed by atoms with Crippen LogP contribution in [0.4, 0.5) is 0 Å². The van der Waals surface area contributed by atoms with Crippen LogP contribution in [0.1, 0.15) is 106 Å². The molecule has 0 aliphatic heterocycles. The Hall–Kier alpha value is -1.58. The Kier molecular flexibility index (Phi) is 6.39. The summed E-state index contributed by atoms with van der Waals surface area (Å²) in [7, 11) is 0. The van der Waals surface area contributed by atoms with Crippen LogP contribution in [0.5, 0.6) is 0 Å². The summed E-state index contributed by atoms with van der Waals surface area (Å²) in [5, 5.41) is 22.6. The molecule has 4 aliphatic carbocycles. The lowest BCUT2D eigenvalue weighted by molar-refractivity contribution is -0.132. The standard InChI is InChI=1S/C30H47NO3/c1-19(9-8-10-20(2)26(32)33)21-13-17-30(7)23-11-12-24-27(3,4)25(31-34)15-16-28(24,5)22(23)14-18-29(21,30)6/h10-11,19,21-22,24,34H,8-9,12-18H2,1-7H3,(H,32,33)/b20-10-,31-25+/t19?,21-,22?,24?,28-,29+,30-/m1/s1. The van der Waals surface area contributed by atoms with Gasteiger partial charge < -0.3 is 10.3 Å². The molecule has 3 saturated carbocycles. The van der Waals surface area contributed by atoms with Gasteiger partial charge in [0, 0.05) is 11.0 Å². The number of oxime groups is 1. The number of hydrogen-bond donors (Lipinski definition) is 2. The van der Waals surface area contributed by atoms with E-state index in [1.165, 1.54) is 25.7 Å². The first-order valence-corrected chi connectivity index (χ1v) is 13.6. The predicted octanol–water partition coefficient (Wildman–Crippen LogP) is 7.87. The molecule has 0 amide bonds. The second-order valence-corrected chi connectivity index (χ2v) is 13.5. The number of fused-ring (bicyclic) bond motifs is 5. The van der Waals surface area contributed by atoms with Crippen molar-refractivity contribution >= 4 is 11.7 Å². The Balaban J connectivity index is 1.59. The predicted molar refractivity (Wildman–Crippen MR) is 138 cm³/mol. The molecule has 0 aromatic heterocycles. The minimum Gasteiger partial charge on any atom is -0.478 e. The molecule has 0 bridgehead atoms. The van der Waals surface area contributed by atoms with E-state index in [-0.39, 0.29) is 16.2 Å². The average Bonchev–Trinajstić information content (AvgIpc) is 3.04. The zero-order valence-electron chi connectivity index (χ0n) is 22.6. The van der Waals surface area contributed by atoms with Crippen LogP contribution in [0.15, 0.2) is 28.5 Å². The maximum atomic E-state index is 11.2. The molecule has 3 unspecified atom stereocenters. The molecule has 0 saturated heterocycles. The van der Waals surface area contributed by atoms with Crippen LogP contribution in [-0.2, 0) is 4.79 Å². The Morgan fingerprint density at radius 3 is 2.53 bits per heavy atom. The maximum Gasteiger partial charge on any atom is 0.330 e.